The fraction of sp³-hybridized carbons (Fsp3) is 0.600. The van der Waals surface area contributed by atoms with Crippen LogP contribution in [0.5, 0.6) is 0 Å². The third-order valence-corrected chi connectivity index (χ3v) is 4.83. The van der Waals surface area contributed by atoms with Crippen LogP contribution in [0.2, 0.25) is 5.02 Å². The Balaban J connectivity index is 2.20. The van der Waals surface area contributed by atoms with E-state index < -0.39 is 0 Å². The maximum atomic E-state index is 6.09. The van der Waals surface area contributed by atoms with E-state index in [0.29, 0.717) is 6.04 Å². The molecule has 1 heterocycles. The molecule has 0 amide bonds. The van der Waals surface area contributed by atoms with Crippen LogP contribution in [-0.2, 0) is 4.74 Å². The smallest absolute Gasteiger partial charge is 0.0896 e. The Hall–Kier alpha value is -0.130. The summed E-state index contributed by atoms with van der Waals surface area (Å²) in [5.74, 6) is 0. The third kappa shape index (κ3) is 3.95. The molecule has 20 heavy (non-hydrogen) atoms. The average Bonchev–Trinajstić information content (AvgIpc) is 2.40. The Morgan fingerprint density at radius 1 is 1.50 bits per heavy atom. The van der Waals surface area contributed by atoms with Gasteiger partial charge in [0, 0.05) is 23.6 Å². The van der Waals surface area contributed by atoms with Gasteiger partial charge in [-0.1, -0.05) is 31.5 Å². The second-order valence-corrected chi connectivity index (χ2v) is 6.83. The molecule has 0 aliphatic carbocycles. The minimum Gasteiger partial charge on any atom is -0.374 e. The average molecular weight is 362 g/mol. The van der Waals surface area contributed by atoms with Crippen LogP contribution in [0.3, 0.4) is 0 Å². The van der Waals surface area contributed by atoms with E-state index in [4.69, 9.17) is 16.3 Å². The monoisotopic (exact) mass is 360 g/mol. The third-order valence-electron chi connectivity index (χ3n) is 3.62. The molecule has 1 fully saturated rings. The number of nitrogens with zero attached hydrogens (tertiary/aromatic N) is 1. The van der Waals surface area contributed by atoms with Crippen LogP contribution >= 0.6 is 27.5 Å². The van der Waals surface area contributed by atoms with E-state index in [-0.39, 0.29) is 12.1 Å². The standard InChI is InChI=1S/C15H22BrClN2O/c1-10(2)18-9-14-15(19(3)6-7-20-14)11-4-5-13(17)12(16)8-11/h4-5,8,10,14-15,18H,6-7,9H2,1-3H3. The van der Waals surface area contributed by atoms with Gasteiger partial charge in [-0.25, -0.2) is 0 Å². The minimum absolute atomic E-state index is 0.157. The summed E-state index contributed by atoms with van der Waals surface area (Å²) in [6.07, 6.45) is 0.157. The summed E-state index contributed by atoms with van der Waals surface area (Å²) in [5.41, 5.74) is 1.24. The summed E-state index contributed by atoms with van der Waals surface area (Å²) in [5, 5.41) is 4.21. The van der Waals surface area contributed by atoms with Gasteiger partial charge in [0.25, 0.3) is 0 Å². The number of rotatable bonds is 4. The SMILES string of the molecule is CC(C)NCC1OCCN(C)C1c1ccc(Cl)c(Br)c1. The zero-order valence-corrected chi connectivity index (χ0v) is 14.5. The predicted molar refractivity (Wildman–Crippen MR) is 87.4 cm³/mol. The van der Waals surface area contributed by atoms with E-state index in [1.165, 1.54) is 5.56 Å². The fourth-order valence-electron chi connectivity index (χ4n) is 2.55. The molecule has 0 aromatic heterocycles. The van der Waals surface area contributed by atoms with Gasteiger partial charge in [0.2, 0.25) is 0 Å². The van der Waals surface area contributed by atoms with E-state index in [2.05, 4.69) is 59.2 Å². The molecule has 112 valence electrons. The normalized spacial score (nSPS) is 24.3. The van der Waals surface area contributed by atoms with Gasteiger partial charge < -0.3 is 10.1 Å². The van der Waals surface area contributed by atoms with Crippen molar-refractivity contribution in [1.82, 2.24) is 10.2 Å². The Labute approximate surface area is 134 Å². The molecule has 0 radical (unpaired) electrons. The van der Waals surface area contributed by atoms with Crippen molar-refractivity contribution in [3.63, 3.8) is 0 Å². The molecule has 0 spiro atoms. The number of hydrogen-bond donors (Lipinski definition) is 1. The van der Waals surface area contributed by atoms with Crippen molar-refractivity contribution in [2.75, 3.05) is 26.7 Å². The summed E-state index contributed by atoms with van der Waals surface area (Å²) in [6, 6.07) is 6.84. The highest BCUT2D eigenvalue weighted by atomic mass is 79.9. The van der Waals surface area contributed by atoms with E-state index >= 15 is 0 Å². The van der Waals surface area contributed by atoms with Crippen molar-refractivity contribution in [1.29, 1.82) is 0 Å². The van der Waals surface area contributed by atoms with Gasteiger partial charge in [-0.05, 0) is 40.7 Å². The van der Waals surface area contributed by atoms with Gasteiger partial charge in [-0.15, -0.1) is 0 Å². The molecule has 0 bridgehead atoms. The van der Waals surface area contributed by atoms with Gasteiger partial charge in [0.05, 0.1) is 23.8 Å². The number of nitrogens with one attached hydrogen (secondary N) is 1. The summed E-state index contributed by atoms with van der Waals surface area (Å²) in [6.45, 7) is 6.89. The van der Waals surface area contributed by atoms with Crippen molar-refractivity contribution < 1.29 is 4.74 Å². The molecule has 1 aliphatic rings. The van der Waals surface area contributed by atoms with Gasteiger partial charge >= 0.3 is 0 Å². The Bertz CT molecular complexity index is 455. The summed E-state index contributed by atoms with van der Waals surface area (Å²) >= 11 is 9.60. The van der Waals surface area contributed by atoms with Crippen LogP contribution in [0.15, 0.2) is 22.7 Å². The predicted octanol–water partition coefficient (Wildman–Crippen LogP) is 3.47. The fourth-order valence-corrected chi connectivity index (χ4v) is 3.06. The van der Waals surface area contributed by atoms with Crippen molar-refractivity contribution in [2.24, 2.45) is 0 Å². The Morgan fingerprint density at radius 2 is 2.25 bits per heavy atom. The minimum atomic E-state index is 0.157. The van der Waals surface area contributed by atoms with E-state index in [0.717, 1.165) is 29.2 Å². The molecule has 1 saturated heterocycles. The van der Waals surface area contributed by atoms with Crippen molar-refractivity contribution >= 4 is 27.5 Å². The first-order chi connectivity index (χ1) is 9.49. The van der Waals surface area contributed by atoms with Crippen LogP contribution in [0.4, 0.5) is 0 Å². The molecule has 3 nitrogen and oxygen atoms in total. The molecule has 1 aromatic carbocycles. The highest BCUT2D eigenvalue weighted by molar-refractivity contribution is 9.10. The lowest BCUT2D eigenvalue weighted by Gasteiger charge is -2.40. The number of hydrogen-bond acceptors (Lipinski definition) is 3. The van der Waals surface area contributed by atoms with Gasteiger partial charge in [0.1, 0.15) is 0 Å². The first-order valence-corrected chi connectivity index (χ1v) is 8.16. The van der Waals surface area contributed by atoms with Gasteiger partial charge in [-0.2, -0.15) is 0 Å². The number of morpholine rings is 1. The molecule has 1 aliphatic heterocycles. The van der Waals surface area contributed by atoms with Crippen LogP contribution in [0.25, 0.3) is 0 Å². The number of ether oxygens (including phenoxy) is 1. The summed E-state index contributed by atoms with van der Waals surface area (Å²) in [7, 11) is 2.15. The second kappa shape index (κ2) is 7.23. The maximum Gasteiger partial charge on any atom is 0.0896 e. The van der Waals surface area contributed by atoms with E-state index in [1.807, 2.05) is 6.07 Å². The maximum absolute atomic E-state index is 6.09. The van der Waals surface area contributed by atoms with Crippen LogP contribution in [-0.4, -0.2) is 43.8 Å². The lowest BCUT2D eigenvalue weighted by molar-refractivity contribution is -0.0620. The molecule has 1 aromatic rings. The second-order valence-electron chi connectivity index (χ2n) is 5.57. The highest BCUT2D eigenvalue weighted by Gasteiger charge is 2.31. The molecule has 2 atom stereocenters. The molecule has 2 unspecified atom stereocenters. The molecule has 1 N–H and O–H groups in total. The Kier molecular flexibility index (Phi) is 5.87. The summed E-state index contributed by atoms with van der Waals surface area (Å²) < 4.78 is 6.92. The molecular weight excluding hydrogens is 340 g/mol. The van der Waals surface area contributed by atoms with Gasteiger partial charge in [-0.3, -0.25) is 4.90 Å². The van der Waals surface area contributed by atoms with E-state index in [9.17, 15) is 0 Å². The number of benzene rings is 1. The number of likely N-dealkylation sites (N-methyl/N-ethyl adjacent to an activating group) is 1. The van der Waals surface area contributed by atoms with Crippen LogP contribution in [0, 0.1) is 0 Å². The first-order valence-electron chi connectivity index (χ1n) is 6.99. The van der Waals surface area contributed by atoms with Crippen LogP contribution in [0.1, 0.15) is 25.5 Å². The number of halogens is 2. The molecule has 2 rings (SSSR count). The van der Waals surface area contributed by atoms with Crippen molar-refractivity contribution in [3.8, 4) is 0 Å². The molecular formula is C15H22BrClN2O. The summed E-state index contributed by atoms with van der Waals surface area (Å²) in [4.78, 5) is 2.35. The highest BCUT2D eigenvalue weighted by Crippen LogP contribution is 2.32. The zero-order valence-electron chi connectivity index (χ0n) is 12.2. The first kappa shape index (κ1) is 16.2. The molecule has 5 heteroatoms. The van der Waals surface area contributed by atoms with E-state index in [1.54, 1.807) is 0 Å². The van der Waals surface area contributed by atoms with Crippen LogP contribution < -0.4 is 5.32 Å². The quantitative estimate of drug-likeness (QED) is 0.888. The lowest BCUT2D eigenvalue weighted by atomic mass is 9.98. The van der Waals surface area contributed by atoms with Crippen molar-refractivity contribution in [3.05, 3.63) is 33.3 Å². The largest absolute Gasteiger partial charge is 0.374 e. The Morgan fingerprint density at radius 3 is 2.90 bits per heavy atom. The van der Waals surface area contributed by atoms with Crippen molar-refractivity contribution in [2.45, 2.75) is 32.0 Å². The van der Waals surface area contributed by atoms with Gasteiger partial charge in [0.15, 0.2) is 0 Å². The molecule has 0 saturated carbocycles. The zero-order chi connectivity index (χ0) is 14.7. The lowest BCUT2D eigenvalue weighted by Crippen LogP contribution is -2.48. The topological polar surface area (TPSA) is 24.5 Å².